The Balaban J connectivity index is 1.50. The van der Waals surface area contributed by atoms with Crippen LogP contribution in [0.4, 0.5) is 0 Å². The third-order valence-electron chi connectivity index (χ3n) is 6.13. The summed E-state index contributed by atoms with van der Waals surface area (Å²) < 4.78 is 18.2. The number of aryl methyl sites for hydroxylation is 1. The van der Waals surface area contributed by atoms with Gasteiger partial charge in [-0.25, -0.2) is 0 Å². The van der Waals surface area contributed by atoms with Crippen molar-refractivity contribution in [3.05, 3.63) is 76.9 Å². The summed E-state index contributed by atoms with van der Waals surface area (Å²) in [6, 6.07) is 16.4. The minimum absolute atomic E-state index is 0.0670. The number of aromatic nitrogens is 1. The van der Waals surface area contributed by atoms with Crippen molar-refractivity contribution < 1.29 is 14.2 Å². The molecule has 0 fully saturated rings. The average Bonchev–Trinajstić information content (AvgIpc) is 3.36. The van der Waals surface area contributed by atoms with Crippen LogP contribution in [0.25, 0.3) is 21.2 Å². The molecule has 0 saturated carbocycles. The Morgan fingerprint density at radius 2 is 1.87 bits per heavy atom. The number of methoxy groups -OCH3 is 1. The maximum atomic E-state index is 6.11. The molecule has 0 radical (unpaired) electrons. The van der Waals surface area contributed by atoms with Crippen molar-refractivity contribution in [3.8, 4) is 34.5 Å². The van der Waals surface area contributed by atoms with Crippen LogP contribution in [0.3, 0.4) is 0 Å². The summed E-state index contributed by atoms with van der Waals surface area (Å²) in [4.78, 5) is 4.56. The molecular formula is C30H32N4O3S. The van der Waals surface area contributed by atoms with E-state index < -0.39 is 0 Å². The fourth-order valence-corrected chi connectivity index (χ4v) is 5.08. The number of thiophene rings is 1. The first-order valence-electron chi connectivity index (χ1n) is 12.3. The van der Waals surface area contributed by atoms with E-state index >= 15 is 0 Å². The third-order valence-corrected chi connectivity index (χ3v) is 7.10. The number of rotatable bonds is 11. The smallest absolute Gasteiger partial charge is 0.138 e. The summed E-state index contributed by atoms with van der Waals surface area (Å²) in [5, 5.41) is 6.92. The third kappa shape index (κ3) is 6.62. The second-order valence-corrected chi connectivity index (χ2v) is 9.67. The molecule has 4 aromatic rings. The minimum atomic E-state index is -0.0670. The maximum absolute atomic E-state index is 6.11. The van der Waals surface area contributed by atoms with E-state index in [2.05, 4.69) is 45.5 Å². The highest BCUT2D eigenvalue weighted by atomic mass is 32.1. The van der Waals surface area contributed by atoms with Crippen molar-refractivity contribution in [1.29, 1.82) is 0 Å². The van der Waals surface area contributed by atoms with Crippen molar-refractivity contribution in [2.75, 3.05) is 20.3 Å². The first-order valence-corrected chi connectivity index (χ1v) is 13.2. The van der Waals surface area contributed by atoms with Crippen molar-refractivity contribution in [2.24, 2.45) is 16.7 Å². The molecule has 0 spiro atoms. The number of pyridine rings is 1. The number of fused-ring (bicyclic) bond motifs is 1. The molecule has 2 heterocycles. The molecule has 0 saturated heterocycles. The van der Waals surface area contributed by atoms with Crippen LogP contribution in [0.15, 0.2) is 65.2 Å². The van der Waals surface area contributed by atoms with Crippen LogP contribution in [0.5, 0.6) is 11.5 Å². The summed E-state index contributed by atoms with van der Waals surface area (Å²) in [7, 11) is 1.66. The van der Waals surface area contributed by atoms with E-state index in [0.717, 1.165) is 39.4 Å². The van der Waals surface area contributed by atoms with Gasteiger partial charge in [0.1, 0.15) is 30.5 Å². The molecular weight excluding hydrogens is 496 g/mol. The predicted molar refractivity (Wildman–Crippen MR) is 155 cm³/mol. The minimum Gasteiger partial charge on any atom is -0.490 e. The van der Waals surface area contributed by atoms with Crippen molar-refractivity contribution >= 4 is 27.3 Å². The van der Waals surface area contributed by atoms with Gasteiger partial charge in [0.2, 0.25) is 0 Å². The summed E-state index contributed by atoms with van der Waals surface area (Å²) >= 11 is 1.72. The molecule has 2 aromatic carbocycles. The molecule has 196 valence electrons. The Morgan fingerprint density at radius 1 is 1.05 bits per heavy atom. The topological polar surface area (TPSA) is 105 Å². The molecule has 8 heteroatoms. The zero-order valence-electron chi connectivity index (χ0n) is 21.9. The first-order chi connectivity index (χ1) is 18.5. The first kappa shape index (κ1) is 27.0. The zero-order chi connectivity index (χ0) is 26.9. The fourth-order valence-electron chi connectivity index (χ4n) is 4.13. The van der Waals surface area contributed by atoms with Crippen LogP contribution in [0.1, 0.15) is 36.1 Å². The molecule has 4 rings (SSSR count). The van der Waals surface area contributed by atoms with Crippen LogP contribution in [0, 0.1) is 18.8 Å². The van der Waals surface area contributed by atoms with Gasteiger partial charge in [0.05, 0.1) is 18.7 Å². The lowest BCUT2D eigenvalue weighted by Gasteiger charge is -2.12. The lowest BCUT2D eigenvalue weighted by Crippen LogP contribution is -2.17. The van der Waals surface area contributed by atoms with E-state index in [9.17, 15) is 0 Å². The molecule has 1 unspecified atom stereocenters. The Kier molecular flexibility index (Phi) is 9.20. The molecule has 0 aliphatic heterocycles. The molecule has 1 atom stereocenters. The average molecular weight is 529 g/mol. The van der Waals surface area contributed by atoms with Gasteiger partial charge in [0.25, 0.3) is 0 Å². The van der Waals surface area contributed by atoms with Crippen molar-refractivity contribution in [2.45, 2.75) is 32.8 Å². The van der Waals surface area contributed by atoms with Crippen LogP contribution >= 0.6 is 11.3 Å². The summed E-state index contributed by atoms with van der Waals surface area (Å²) in [6.07, 6.45) is 2.24. The fraction of sp³-hybridized carbons (Fsp3) is 0.267. The molecule has 38 heavy (non-hydrogen) atoms. The monoisotopic (exact) mass is 528 g/mol. The van der Waals surface area contributed by atoms with Gasteiger partial charge in [0, 0.05) is 40.4 Å². The highest BCUT2D eigenvalue weighted by Crippen LogP contribution is 2.37. The number of nitrogens with zero attached hydrogens (tertiary/aromatic N) is 2. The highest BCUT2D eigenvalue weighted by Gasteiger charge is 2.13. The molecule has 0 aliphatic carbocycles. The quantitative estimate of drug-likeness (QED) is 0.0655. The molecule has 7 nitrogen and oxygen atoms in total. The van der Waals surface area contributed by atoms with Gasteiger partial charge in [-0.1, -0.05) is 24.1 Å². The normalized spacial score (nSPS) is 12.1. The SMILES string of the molecule is CC#CC(C/C(N)=N/N)c1ccc(OCc2ccc3scc(-c4cc(OCCOC)cnc4C)c3c2)cc1. The van der Waals surface area contributed by atoms with Gasteiger partial charge in [-0.05, 0) is 60.7 Å². The number of benzene rings is 2. The number of nitrogens with two attached hydrogens (primary N) is 2. The van der Waals surface area contributed by atoms with E-state index in [1.165, 1.54) is 10.1 Å². The van der Waals surface area contributed by atoms with Gasteiger partial charge in [0.15, 0.2) is 0 Å². The van der Waals surface area contributed by atoms with Crippen LogP contribution in [-0.2, 0) is 11.3 Å². The van der Waals surface area contributed by atoms with E-state index in [4.69, 9.17) is 25.8 Å². The highest BCUT2D eigenvalue weighted by molar-refractivity contribution is 7.17. The van der Waals surface area contributed by atoms with Gasteiger partial charge in [-0.2, -0.15) is 5.10 Å². The van der Waals surface area contributed by atoms with Crippen molar-refractivity contribution in [3.63, 3.8) is 0 Å². The van der Waals surface area contributed by atoms with E-state index in [1.54, 1.807) is 31.6 Å². The summed E-state index contributed by atoms with van der Waals surface area (Å²) in [6.45, 7) is 5.29. The Morgan fingerprint density at radius 3 is 2.61 bits per heavy atom. The van der Waals surface area contributed by atoms with Gasteiger partial charge >= 0.3 is 0 Å². The Labute approximate surface area is 227 Å². The number of amidine groups is 1. The van der Waals surface area contributed by atoms with E-state index in [1.807, 2.05) is 37.3 Å². The second-order valence-electron chi connectivity index (χ2n) is 8.75. The molecule has 0 aliphatic rings. The van der Waals surface area contributed by atoms with E-state index in [0.29, 0.717) is 32.1 Å². The maximum Gasteiger partial charge on any atom is 0.138 e. The molecule has 0 amide bonds. The lowest BCUT2D eigenvalue weighted by molar-refractivity contribution is 0.146. The Hall–Kier alpha value is -4.06. The lowest BCUT2D eigenvalue weighted by atomic mass is 9.95. The summed E-state index contributed by atoms with van der Waals surface area (Å²) in [5.41, 5.74) is 11.1. The Bertz CT molecular complexity index is 1470. The number of ether oxygens (including phenoxy) is 3. The number of hydrogen-bond acceptors (Lipinski definition) is 7. The van der Waals surface area contributed by atoms with Crippen molar-refractivity contribution in [1.82, 2.24) is 4.98 Å². The zero-order valence-corrected chi connectivity index (χ0v) is 22.7. The number of hydrogen-bond donors (Lipinski definition) is 2. The predicted octanol–water partition coefficient (Wildman–Crippen LogP) is 5.60. The molecule has 2 aromatic heterocycles. The van der Waals surface area contributed by atoms with Gasteiger partial charge in [-0.3, -0.25) is 4.98 Å². The van der Waals surface area contributed by atoms with E-state index in [-0.39, 0.29) is 5.92 Å². The van der Waals surface area contributed by atoms with Gasteiger partial charge < -0.3 is 25.8 Å². The molecule has 0 bridgehead atoms. The second kappa shape index (κ2) is 13.0. The molecule has 4 N–H and O–H groups in total. The number of hydrazone groups is 1. The van der Waals surface area contributed by atoms with Crippen LogP contribution < -0.4 is 21.1 Å². The van der Waals surface area contributed by atoms with Crippen LogP contribution in [-0.4, -0.2) is 31.1 Å². The summed E-state index contributed by atoms with van der Waals surface area (Å²) in [5.74, 6) is 13.2. The largest absolute Gasteiger partial charge is 0.490 e. The van der Waals surface area contributed by atoms with Crippen LogP contribution in [0.2, 0.25) is 0 Å². The standard InChI is InChI=1S/C30H32N4O3S/c1-4-5-23(15-30(31)34-32)22-7-9-24(10-8-22)37-18-21-6-11-29-27(14-21)28(19-38-29)26-16-25(17-33-20(26)2)36-13-12-35-3/h6-11,14,16-17,19,23H,12-13,15,18,32H2,1-3H3,(H2,31,34). The van der Waals surface area contributed by atoms with Gasteiger partial charge in [-0.15, -0.1) is 17.3 Å².